The summed E-state index contributed by atoms with van der Waals surface area (Å²) in [4.78, 5) is 26.2. The molecule has 2 heterocycles. The number of hydrogen-bond acceptors (Lipinski definition) is 4. The third kappa shape index (κ3) is 4.07. The zero-order valence-electron chi connectivity index (χ0n) is 13.0. The van der Waals surface area contributed by atoms with Crippen molar-refractivity contribution in [3.63, 3.8) is 0 Å². The summed E-state index contributed by atoms with van der Waals surface area (Å²) in [6.07, 6.45) is 6.35. The molecule has 3 rings (SSSR count). The molecule has 3 amide bonds. The summed E-state index contributed by atoms with van der Waals surface area (Å²) in [5.41, 5.74) is 0. The van der Waals surface area contributed by atoms with E-state index in [1.54, 1.807) is 11.8 Å². The van der Waals surface area contributed by atoms with Crippen molar-refractivity contribution in [1.29, 1.82) is 0 Å². The van der Waals surface area contributed by atoms with Crippen LogP contribution in [0.25, 0.3) is 0 Å². The number of carbonyl (C=O) groups excluding carboxylic acids is 2. The van der Waals surface area contributed by atoms with Gasteiger partial charge in [-0.15, -0.1) is 11.8 Å². The van der Waals surface area contributed by atoms with Gasteiger partial charge < -0.3 is 15.5 Å². The molecule has 0 spiro atoms. The van der Waals surface area contributed by atoms with Gasteiger partial charge in [0.05, 0.1) is 6.04 Å². The molecule has 124 valence electrons. The Morgan fingerprint density at radius 3 is 2.23 bits per heavy atom. The SMILES string of the molecule is O=C(NC1CCCC1)NC1CCN(C(=O)C2CSCN2)CC1. The third-order valence-electron chi connectivity index (χ3n) is 4.85. The maximum absolute atomic E-state index is 12.3. The fourth-order valence-corrected chi connectivity index (χ4v) is 4.43. The topological polar surface area (TPSA) is 73.5 Å². The lowest BCUT2D eigenvalue weighted by Crippen LogP contribution is -2.53. The van der Waals surface area contributed by atoms with Crippen molar-refractivity contribution in [1.82, 2.24) is 20.9 Å². The van der Waals surface area contributed by atoms with Crippen LogP contribution in [0.5, 0.6) is 0 Å². The minimum absolute atomic E-state index is 0.0137. The Balaban J connectivity index is 1.37. The molecule has 0 bridgehead atoms. The maximum atomic E-state index is 12.3. The Bertz CT molecular complexity index is 400. The van der Waals surface area contributed by atoms with Gasteiger partial charge in [-0.1, -0.05) is 12.8 Å². The van der Waals surface area contributed by atoms with Crippen molar-refractivity contribution in [3.8, 4) is 0 Å². The van der Waals surface area contributed by atoms with Crippen LogP contribution in [-0.2, 0) is 4.79 Å². The molecule has 0 aromatic carbocycles. The average Bonchev–Trinajstić information content (AvgIpc) is 3.20. The number of carbonyl (C=O) groups is 2. The highest BCUT2D eigenvalue weighted by atomic mass is 32.2. The second-order valence-corrected chi connectivity index (χ2v) is 7.50. The predicted octanol–water partition coefficient (Wildman–Crippen LogP) is 0.882. The monoisotopic (exact) mass is 326 g/mol. The molecule has 0 radical (unpaired) electrons. The second-order valence-electron chi connectivity index (χ2n) is 6.47. The van der Waals surface area contributed by atoms with Crippen molar-refractivity contribution in [2.75, 3.05) is 24.7 Å². The zero-order valence-corrected chi connectivity index (χ0v) is 13.8. The van der Waals surface area contributed by atoms with Gasteiger partial charge in [0.1, 0.15) is 0 Å². The first kappa shape index (κ1) is 15.9. The zero-order chi connectivity index (χ0) is 15.4. The number of nitrogens with zero attached hydrogens (tertiary/aromatic N) is 1. The number of amides is 3. The first-order valence-electron chi connectivity index (χ1n) is 8.39. The van der Waals surface area contributed by atoms with Gasteiger partial charge in [0.15, 0.2) is 0 Å². The molecule has 22 heavy (non-hydrogen) atoms. The molecule has 3 fully saturated rings. The molecule has 7 heteroatoms. The summed E-state index contributed by atoms with van der Waals surface area (Å²) < 4.78 is 0. The molecule has 2 saturated heterocycles. The number of urea groups is 1. The molecule has 3 N–H and O–H groups in total. The number of nitrogens with one attached hydrogen (secondary N) is 3. The van der Waals surface area contributed by atoms with E-state index in [1.807, 2.05) is 4.90 Å². The highest BCUT2D eigenvalue weighted by Crippen LogP contribution is 2.18. The fraction of sp³-hybridized carbons (Fsp3) is 0.867. The first-order valence-corrected chi connectivity index (χ1v) is 9.55. The lowest BCUT2D eigenvalue weighted by Gasteiger charge is -2.34. The van der Waals surface area contributed by atoms with Gasteiger partial charge in [-0.25, -0.2) is 4.79 Å². The molecule has 2 aliphatic heterocycles. The second kappa shape index (κ2) is 7.55. The van der Waals surface area contributed by atoms with Crippen molar-refractivity contribution in [3.05, 3.63) is 0 Å². The summed E-state index contributed by atoms with van der Waals surface area (Å²) in [7, 11) is 0. The first-order chi connectivity index (χ1) is 10.7. The Labute approximate surface area is 136 Å². The van der Waals surface area contributed by atoms with E-state index < -0.39 is 0 Å². The largest absolute Gasteiger partial charge is 0.341 e. The molecule has 0 aromatic rings. The van der Waals surface area contributed by atoms with E-state index in [4.69, 9.17) is 0 Å². The van der Waals surface area contributed by atoms with Crippen molar-refractivity contribution in [2.45, 2.75) is 56.7 Å². The predicted molar refractivity (Wildman–Crippen MR) is 87.8 cm³/mol. The molecule has 1 aliphatic carbocycles. The van der Waals surface area contributed by atoms with Crippen LogP contribution in [0.1, 0.15) is 38.5 Å². The molecule has 0 aromatic heterocycles. The number of hydrogen-bond donors (Lipinski definition) is 3. The lowest BCUT2D eigenvalue weighted by molar-refractivity contribution is -0.133. The van der Waals surface area contributed by atoms with Crippen LogP contribution in [0.15, 0.2) is 0 Å². The van der Waals surface area contributed by atoms with Crippen molar-refractivity contribution in [2.24, 2.45) is 0 Å². The summed E-state index contributed by atoms with van der Waals surface area (Å²) in [6.45, 7) is 1.49. The maximum Gasteiger partial charge on any atom is 0.315 e. The molecule has 1 unspecified atom stereocenters. The van der Waals surface area contributed by atoms with Crippen LogP contribution in [0, 0.1) is 0 Å². The van der Waals surface area contributed by atoms with E-state index in [9.17, 15) is 9.59 Å². The van der Waals surface area contributed by atoms with Gasteiger partial charge in [-0.3, -0.25) is 10.1 Å². The average molecular weight is 326 g/mol. The van der Waals surface area contributed by atoms with Crippen LogP contribution in [0.2, 0.25) is 0 Å². The van der Waals surface area contributed by atoms with Gasteiger partial charge in [0, 0.05) is 36.8 Å². The minimum Gasteiger partial charge on any atom is -0.341 e. The molecular weight excluding hydrogens is 300 g/mol. The van der Waals surface area contributed by atoms with Crippen LogP contribution in [-0.4, -0.2) is 59.7 Å². The highest BCUT2D eigenvalue weighted by molar-refractivity contribution is 7.99. The number of likely N-dealkylation sites (tertiary alicyclic amines) is 1. The Morgan fingerprint density at radius 2 is 1.64 bits per heavy atom. The minimum atomic E-state index is -0.0365. The van der Waals surface area contributed by atoms with Gasteiger partial charge in [-0.05, 0) is 25.7 Å². The number of thioether (sulfide) groups is 1. The van der Waals surface area contributed by atoms with Crippen LogP contribution in [0.4, 0.5) is 4.79 Å². The quantitative estimate of drug-likeness (QED) is 0.720. The van der Waals surface area contributed by atoms with Crippen LogP contribution < -0.4 is 16.0 Å². The van der Waals surface area contributed by atoms with Crippen LogP contribution in [0.3, 0.4) is 0 Å². The Hall–Kier alpha value is -0.950. The van der Waals surface area contributed by atoms with Gasteiger partial charge in [0.25, 0.3) is 0 Å². The summed E-state index contributed by atoms with van der Waals surface area (Å²) in [6, 6.07) is 0.495. The molecule has 1 atom stereocenters. The lowest BCUT2D eigenvalue weighted by atomic mass is 10.0. The van der Waals surface area contributed by atoms with E-state index in [0.717, 1.165) is 50.4 Å². The van der Waals surface area contributed by atoms with E-state index >= 15 is 0 Å². The van der Waals surface area contributed by atoms with Gasteiger partial charge >= 0.3 is 6.03 Å². The standard InChI is InChI=1S/C15H26N4O2S/c20-14(13-9-22-10-16-13)19-7-5-12(6-8-19)18-15(21)17-11-3-1-2-4-11/h11-13,16H,1-10H2,(H2,17,18,21). The summed E-state index contributed by atoms with van der Waals surface area (Å²) in [5, 5.41) is 9.36. The van der Waals surface area contributed by atoms with Crippen molar-refractivity contribution >= 4 is 23.7 Å². The van der Waals surface area contributed by atoms with E-state index in [1.165, 1.54) is 12.8 Å². The summed E-state index contributed by atoms with van der Waals surface area (Å²) >= 11 is 1.77. The van der Waals surface area contributed by atoms with Crippen molar-refractivity contribution < 1.29 is 9.59 Å². The number of rotatable bonds is 3. The van der Waals surface area contributed by atoms with E-state index in [0.29, 0.717) is 6.04 Å². The van der Waals surface area contributed by atoms with E-state index in [-0.39, 0.29) is 24.0 Å². The number of piperidine rings is 1. The molecule has 6 nitrogen and oxygen atoms in total. The summed E-state index contributed by atoms with van der Waals surface area (Å²) in [5.74, 6) is 1.97. The fourth-order valence-electron chi connectivity index (χ4n) is 3.50. The Kier molecular flexibility index (Phi) is 5.46. The molecule has 1 saturated carbocycles. The van der Waals surface area contributed by atoms with Gasteiger partial charge in [-0.2, -0.15) is 0 Å². The third-order valence-corrected chi connectivity index (χ3v) is 5.79. The smallest absolute Gasteiger partial charge is 0.315 e. The highest BCUT2D eigenvalue weighted by Gasteiger charge is 2.30. The molecular formula is C15H26N4O2S. The molecule has 3 aliphatic rings. The normalized spacial score (nSPS) is 27.1. The Morgan fingerprint density at radius 1 is 1.00 bits per heavy atom. The van der Waals surface area contributed by atoms with Crippen LogP contribution >= 0.6 is 11.8 Å². The van der Waals surface area contributed by atoms with Gasteiger partial charge in [0.2, 0.25) is 5.91 Å². The van der Waals surface area contributed by atoms with E-state index in [2.05, 4.69) is 16.0 Å².